The lowest BCUT2D eigenvalue weighted by molar-refractivity contribution is 0.0470. The van der Waals surface area contributed by atoms with Crippen LogP contribution in [0.25, 0.3) is 0 Å². The summed E-state index contributed by atoms with van der Waals surface area (Å²) >= 11 is 0. The molecule has 0 aliphatic heterocycles. The second kappa shape index (κ2) is 13.0. The van der Waals surface area contributed by atoms with Crippen LogP contribution in [0, 0.1) is 6.92 Å². The van der Waals surface area contributed by atoms with Crippen molar-refractivity contribution in [2.75, 3.05) is 19.8 Å². The van der Waals surface area contributed by atoms with Crippen LogP contribution in [-0.2, 0) is 9.47 Å². The van der Waals surface area contributed by atoms with Crippen LogP contribution in [0.5, 0.6) is 0 Å². The van der Waals surface area contributed by atoms with E-state index < -0.39 is 0 Å². The van der Waals surface area contributed by atoms with Gasteiger partial charge in [-0.3, -0.25) is 0 Å². The molecule has 0 spiro atoms. The van der Waals surface area contributed by atoms with Gasteiger partial charge in [-0.25, -0.2) is 0 Å². The number of rotatable bonds is 12. The van der Waals surface area contributed by atoms with Gasteiger partial charge < -0.3 is 9.47 Å². The van der Waals surface area contributed by atoms with Crippen molar-refractivity contribution >= 4 is 0 Å². The van der Waals surface area contributed by atoms with Crippen molar-refractivity contribution in [3.8, 4) is 0 Å². The van der Waals surface area contributed by atoms with E-state index >= 15 is 0 Å². The van der Waals surface area contributed by atoms with Gasteiger partial charge in [0.2, 0.25) is 0 Å². The topological polar surface area (TPSA) is 18.5 Å². The summed E-state index contributed by atoms with van der Waals surface area (Å²) in [5.41, 5.74) is 0. The zero-order chi connectivity index (χ0) is 12.1. The Balaban J connectivity index is 3.36. The molecule has 0 rings (SSSR count). The van der Waals surface area contributed by atoms with Gasteiger partial charge in [0.05, 0.1) is 6.10 Å². The quantitative estimate of drug-likeness (QED) is 0.471. The third kappa shape index (κ3) is 10.4. The van der Waals surface area contributed by atoms with E-state index in [4.69, 9.17) is 9.47 Å². The lowest BCUT2D eigenvalue weighted by atomic mass is 10.1. The molecule has 0 saturated heterocycles. The molecule has 0 aliphatic carbocycles. The second-order valence-electron chi connectivity index (χ2n) is 4.12. The van der Waals surface area contributed by atoms with E-state index in [-0.39, 0.29) is 0 Å². The molecule has 1 unspecified atom stereocenters. The highest BCUT2D eigenvalue weighted by atomic mass is 16.5. The molecule has 0 amide bonds. The van der Waals surface area contributed by atoms with Gasteiger partial charge >= 0.3 is 0 Å². The first kappa shape index (κ1) is 15.9. The van der Waals surface area contributed by atoms with Crippen LogP contribution >= 0.6 is 0 Å². The molecule has 0 bridgehead atoms. The van der Waals surface area contributed by atoms with Gasteiger partial charge in [0.15, 0.2) is 0 Å². The Morgan fingerprint density at radius 3 is 2.31 bits per heavy atom. The monoisotopic (exact) mass is 229 g/mol. The molecule has 2 heteroatoms. The first-order valence-electron chi connectivity index (χ1n) is 6.83. The molecule has 0 aromatic rings. The smallest absolute Gasteiger partial charge is 0.0575 e. The minimum absolute atomic E-state index is 0.457. The molecule has 97 valence electrons. The maximum atomic E-state index is 5.71. The molecular formula is C14H29O2. The van der Waals surface area contributed by atoms with E-state index in [0.29, 0.717) is 6.10 Å². The number of unbranched alkanes of at least 4 members (excludes halogenated alkanes) is 3. The molecule has 0 fully saturated rings. The maximum Gasteiger partial charge on any atom is 0.0575 e. The number of hydrogen-bond donors (Lipinski definition) is 0. The Labute approximate surface area is 102 Å². The van der Waals surface area contributed by atoms with Gasteiger partial charge in [0, 0.05) is 19.8 Å². The van der Waals surface area contributed by atoms with E-state index in [1.54, 1.807) is 0 Å². The Morgan fingerprint density at radius 2 is 1.69 bits per heavy atom. The highest BCUT2D eigenvalue weighted by Gasteiger charge is 2.06. The summed E-state index contributed by atoms with van der Waals surface area (Å²) in [6.45, 7) is 10.6. The predicted molar refractivity (Wildman–Crippen MR) is 69.6 cm³/mol. The molecule has 2 nitrogen and oxygen atoms in total. The van der Waals surface area contributed by atoms with Crippen molar-refractivity contribution in [1.82, 2.24) is 0 Å². The average molecular weight is 229 g/mol. The molecule has 1 radical (unpaired) electrons. The highest BCUT2D eigenvalue weighted by Crippen LogP contribution is 2.13. The zero-order valence-corrected chi connectivity index (χ0v) is 11.2. The first-order chi connectivity index (χ1) is 7.85. The Hall–Kier alpha value is -0.0800. The SMILES string of the molecule is [CH2]CCCC(CCCCCOCC)OCC. The van der Waals surface area contributed by atoms with Crippen LogP contribution in [0.15, 0.2) is 0 Å². The summed E-state index contributed by atoms with van der Waals surface area (Å²) in [7, 11) is 0. The van der Waals surface area contributed by atoms with Crippen molar-refractivity contribution in [1.29, 1.82) is 0 Å². The van der Waals surface area contributed by atoms with Crippen LogP contribution < -0.4 is 0 Å². The summed E-state index contributed by atoms with van der Waals surface area (Å²) < 4.78 is 11.0. The van der Waals surface area contributed by atoms with Crippen molar-refractivity contribution in [3.63, 3.8) is 0 Å². The van der Waals surface area contributed by atoms with Crippen LogP contribution in [0.3, 0.4) is 0 Å². The van der Waals surface area contributed by atoms with Gasteiger partial charge in [0.25, 0.3) is 0 Å². The zero-order valence-electron chi connectivity index (χ0n) is 11.2. The van der Waals surface area contributed by atoms with Crippen LogP contribution in [0.4, 0.5) is 0 Å². The third-order valence-corrected chi connectivity index (χ3v) is 2.70. The Bertz CT molecular complexity index is 126. The molecule has 0 aliphatic rings. The Morgan fingerprint density at radius 1 is 0.938 bits per heavy atom. The molecule has 0 heterocycles. The van der Waals surface area contributed by atoms with E-state index in [2.05, 4.69) is 13.8 Å². The fourth-order valence-corrected chi connectivity index (χ4v) is 1.82. The molecule has 0 N–H and O–H groups in total. The van der Waals surface area contributed by atoms with Crippen LogP contribution in [-0.4, -0.2) is 25.9 Å². The van der Waals surface area contributed by atoms with Gasteiger partial charge in [-0.1, -0.05) is 32.6 Å². The molecule has 0 saturated carbocycles. The molecular weight excluding hydrogens is 200 g/mol. The molecule has 1 atom stereocenters. The fraction of sp³-hybridized carbons (Fsp3) is 0.929. The van der Waals surface area contributed by atoms with Crippen molar-refractivity contribution in [2.24, 2.45) is 0 Å². The predicted octanol–water partition coefficient (Wildman–Crippen LogP) is 3.99. The van der Waals surface area contributed by atoms with E-state index in [9.17, 15) is 0 Å². The third-order valence-electron chi connectivity index (χ3n) is 2.70. The van der Waals surface area contributed by atoms with Crippen molar-refractivity contribution < 1.29 is 9.47 Å². The fourth-order valence-electron chi connectivity index (χ4n) is 1.82. The lowest BCUT2D eigenvalue weighted by Crippen LogP contribution is -2.12. The molecule has 0 aromatic carbocycles. The largest absolute Gasteiger partial charge is 0.382 e. The minimum Gasteiger partial charge on any atom is -0.382 e. The lowest BCUT2D eigenvalue weighted by Gasteiger charge is -2.16. The normalized spacial score (nSPS) is 12.9. The summed E-state index contributed by atoms with van der Waals surface area (Å²) in [6, 6.07) is 0. The van der Waals surface area contributed by atoms with Crippen molar-refractivity contribution in [2.45, 2.75) is 64.9 Å². The van der Waals surface area contributed by atoms with Gasteiger partial charge in [-0.05, 0) is 33.1 Å². The minimum atomic E-state index is 0.457. The van der Waals surface area contributed by atoms with Gasteiger partial charge in [-0.2, -0.15) is 0 Å². The number of hydrogen-bond acceptors (Lipinski definition) is 2. The second-order valence-corrected chi connectivity index (χ2v) is 4.12. The summed E-state index contributed by atoms with van der Waals surface area (Å²) in [5.74, 6) is 0. The van der Waals surface area contributed by atoms with Gasteiger partial charge in [0.1, 0.15) is 0 Å². The summed E-state index contributed by atoms with van der Waals surface area (Å²) in [5, 5.41) is 0. The summed E-state index contributed by atoms with van der Waals surface area (Å²) in [6.07, 6.45) is 8.73. The van der Waals surface area contributed by atoms with Crippen LogP contribution in [0.2, 0.25) is 0 Å². The first-order valence-corrected chi connectivity index (χ1v) is 6.83. The van der Waals surface area contributed by atoms with Crippen molar-refractivity contribution in [3.05, 3.63) is 6.92 Å². The molecule has 0 aromatic heterocycles. The standard InChI is InChI=1S/C14H29O2/c1-4-7-11-14(16-6-3)12-9-8-10-13-15-5-2/h14H,1,4-13H2,2-3H3. The Kier molecular flexibility index (Phi) is 12.9. The number of ether oxygens (including phenoxy) is 2. The van der Waals surface area contributed by atoms with Gasteiger partial charge in [-0.15, -0.1) is 0 Å². The van der Waals surface area contributed by atoms with E-state index in [1.807, 2.05) is 6.92 Å². The summed E-state index contributed by atoms with van der Waals surface area (Å²) in [4.78, 5) is 0. The van der Waals surface area contributed by atoms with E-state index in [1.165, 1.54) is 38.5 Å². The average Bonchev–Trinajstić information content (AvgIpc) is 2.30. The highest BCUT2D eigenvalue weighted by molar-refractivity contribution is 4.59. The maximum absolute atomic E-state index is 5.71. The van der Waals surface area contributed by atoms with Crippen LogP contribution in [0.1, 0.15) is 58.8 Å². The van der Waals surface area contributed by atoms with E-state index in [0.717, 1.165) is 26.2 Å². The molecule has 16 heavy (non-hydrogen) atoms.